The average molecular weight is 353 g/mol. The van der Waals surface area contributed by atoms with Gasteiger partial charge in [0, 0.05) is 12.6 Å². The van der Waals surface area contributed by atoms with Gasteiger partial charge in [0.25, 0.3) is 0 Å². The first-order valence-electron chi connectivity index (χ1n) is 8.82. The van der Waals surface area contributed by atoms with Crippen molar-refractivity contribution in [2.24, 2.45) is 0 Å². The Hall–Kier alpha value is -2.95. The van der Waals surface area contributed by atoms with Crippen LogP contribution in [0.4, 0.5) is 0 Å². The first-order valence-corrected chi connectivity index (χ1v) is 8.82. The van der Waals surface area contributed by atoms with Crippen LogP contribution in [0.3, 0.4) is 0 Å². The highest BCUT2D eigenvalue weighted by Gasteiger charge is 2.12. The van der Waals surface area contributed by atoms with Gasteiger partial charge in [-0.2, -0.15) is 0 Å². The highest BCUT2D eigenvalue weighted by Crippen LogP contribution is 2.32. The normalized spacial score (nSPS) is 12.3. The van der Waals surface area contributed by atoms with E-state index in [2.05, 4.69) is 11.4 Å². The Labute approximate surface area is 153 Å². The van der Waals surface area contributed by atoms with Crippen LogP contribution in [0.15, 0.2) is 48.5 Å². The summed E-state index contributed by atoms with van der Waals surface area (Å²) in [6.45, 7) is 3.49. The molecule has 0 saturated heterocycles. The van der Waals surface area contributed by atoms with Crippen molar-refractivity contribution < 1.29 is 19.0 Å². The van der Waals surface area contributed by atoms with E-state index in [0.29, 0.717) is 18.9 Å². The second-order valence-electron chi connectivity index (χ2n) is 5.88. The number of rotatable bonds is 8. The first kappa shape index (κ1) is 17.9. The standard InChI is InChI=1S/C21H23NO4/c1-2-24-18-8-4-3-6-17(18)7-5-13-22-21(23)12-10-16-9-11-19-20(14-16)26-15-25-19/h3-4,6,8-12,14H,2,5,7,13,15H2,1H3,(H,22,23)/b12-10+. The molecule has 1 N–H and O–H groups in total. The van der Waals surface area contributed by atoms with Gasteiger partial charge in [-0.05, 0) is 55.2 Å². The van der Waals surface area contributed by atoms with Crippen molar-refractivity contribution in [2.75, 3.05) is 19.9 Å². The molecule has 0 atom stereocenters. The van der Waals surface area contributed by atoms with Gasteiger partial charge in [-0.3, -0.25) is 4.79 Å². The van der Waals surface area contributed by atoms with Crippen molar-refractivity contribution in [3.63, 3.8) is 0 Å². The number of nitrogens with one attached hydrogen (secondary N) is 1. The Bertz CT molecular complexity index is 785. The van der Waals surface area contributed by atoms with E-state index in [9.17, 15) is 4.79 Å². The highest BCUT2D eigenvalue weighted by atomic mass is 16.7. The SMILES string of the molecule is CCOc1ccccc1CCCNC(=O)/C=C/c1ccc2c(c1)OCO2. The van der Waals surface area contributed by atoms with Crippen LogP contribution < -0.4 is 19.5 Å². The first-order chi connectivity index (χ1) is 12.8. The molecule has 0 aliphatic carbocycles. The van der Waals surface area contributed by atoms with Gasteiger partial charge in [-0.25, -0.2) is 0 Å². The van der Waals surface area contributed by atoms with Gasteiger partial charge >= 0.3 is 0 Å². The Morgan fingerprint density at radius 3 is 2.92 bits per heavy atom. The molecular weight excluding hydrogens is 330 g/mol. The molecule has 5 heteroatoms. The molecule has 0 aromatic heterocycles. The van der Waals surface area contributed by atoms with Crippen LogP contribution in [-0.2, 0) is 11.2 Å². The minimum Gasteiger partial charge on any atom is -0.494 e. The number of benzene rings is 2. The van der Waals surface area contributed by atoms with Crippen LogP contribution in [0.25, 0.3) is 6.08 Å². The van der Waals surface area contributed by atoms with Gasteiger partial charge in [0.1, 0.15) is 5.75 Å². The van der Waals surface area contributed by atoms with Crippen molar-refractivity contribution in [3.05, 3.63) is 59.7 Å². The molecule has 0 bridgehead atoms. The zero-order valence-corrected chi connectivity index (χ0v) is 14.9. The summed E-state index contributed by atoms with van der Waals surface area (Å²) in [5, 5.41) is 2.90. The molecule has 0 radical (unpaired) electrons. The van der Waals surface area contributed by atoms with E-state index in [4.69, 9.17) is 14.2 Å². The number of carbonyl (C=O) groups excluding carboxylic acids is 1. The second kappa shape index (κ2) is 8.94. The fourth-order valence-corrected chi connectivity index (χ4v) is 2.74. The number of hydrogen-bond donors (Lipinski definition) is 1. The van der Waals surface area contributed by atoms with Crippen LogP contribution in [0.1, 0.15) is 24.5 Å². The molecule has 2 aromatic rings. The molecule has 1 heterocycles. The Kier molecular flexibility index (Phi) is 6.14. The number of fused-ring (bicyclic) bond motifs is 1. The summed E-state index contributed by atoms with van der Waals surface area (Å²) in [6, 6.07) is 13.6. The molecule has 0 unspecified atom stereocenters. The molecule has 1 aliphatic heterocycles. The number of ether oxygens (including phenoxy) is 3. The summed E-state index contributed by atoms with van der Waals surface area (Å²) in [7, 11) is 0. The monoisotopic (exact) mass is 353 g/mol. The van der Waals surface area contributed by atoms with Gasteiger partial charge in [0.15, 0.2) is 11.5 Å². The van der Waals surface area contributed by atoms with Crippen LogP contribution in [0.2, 0.25) is 0 Å². The maximum atomic E-state index is 12.0. The fraction of sp³-hybridized carbons (Fsp3) is 0.286. The molecule has 26 heavy (non-hydrogen) atoms. The van der Waals surface area contributed by atoms with Crippen LogP contribution >= 0.6 is 0 Å². The van der Waals surface area contributed by atoms with E-state index >= 15 is 0 Å². The van der Waals surface area contributed by atoms with E-state index in [1.54, 1.807) is 6.08 Å². The third-order valence-corrected chi connectivity index (χ3v) is 4.02. The van der Waals surface area contributed by atoms with Crippen molar-refractivity contribution in [1.29, 1.82) is 0 Å². The second-order valence-corrected chi connectivity index (χ2v) is 5.88. The van der Waals surface area contributed by atoms with Gasteiger partial charge in [0.05, 0.1) is 6.61 Å². The van der Waals surface area contributed by atoms with Gasteiger partial charge < -0.3 is 19.5 Å². The molecule has 2 aromatic carbocycles. The topological polar surface area (TPSA) is 56.8 Å². The molecule has 0 saturated carbocycles. The lowest BCUT2D eigenvalue weighted by molar-refractivity contribution is -0.116. The summed E-state index contributed by atoms with van der Waals surface area (Å²) >= 11 is 0. The number of hydrogen-bond acceptors (Lipinski definition) is 4. The number of amides is 1. The lowest BCUT2D eigenvalue weighted by atomic mass is 10.1. The van der Waals surface area contributed by atoms with Crippen LogP contribution in [0.5, 0.6) is 17.2 Å². The maximum Gasteiger partial charge on any atom is 0.243 e. The third kappa shape index (κ3) is 4.79. The van der Waals surface area contributed by atoms with Crippen LogP contribution in [0, 0.1) is 0 Å². The summed E-state index contributed by atoms with van der Waals surface area (Å²) < 4.78 is 16.2. The van der Waals surface area contributed by atoms with Crippen molar-refractivity contribution in [3.8, 4) is 17.2 Å². The van der Waals surface area contributed by atoms with Crippen LogP contribution in [-0.4, -0.2) is 25.9 Å². The fourth-order valence-electron chi connectivity index (χ4n) is 2.74. The molecule has 3 rings (SSSR count). The number of para-hydroxylation sites is 1. The van der Waals surface area contributed by atoms with Gasteiger partial charge in [-0.1, -0.05) is 24.3 Å². The molecule has 1 amide bonds. The quantitative estimate of drug-likeness (QED) is 0.582. The minimum absolute atomic E-state index is 0.110. The average Bonchev–Trinajstić information content (AvgIpc) is 3.13. The molecule has 0 spiro atoms. The Balaban J connectivity index is 1.43. The minimum atomic E-state index is -0.110. The largest absolute Gasteiger partial charge is 0.494 e. The number of aryl methyl sites for hydroxylation is 1. The van der Waals surface area contributed by atoms with E-state index in [1.165, 1.54) is 11.6 Å². The zero-order chi connectivity index (χ0) is 18.2. The molecule has 136 valence electrons. The van der Waals surface area contributed by atoms with E-state index < -0.39 is 0 Å². The molecular formula is C21H23NO4. The van der Waals surface area contributed by atoms with Crippen molar-refractivity contribution in [2.45, 2.75) is 19.8 Å². The Morgan fingerprint density at radius 2 is 2.04 bits per heavy atom. The van der Waals surface area contributed by atoms with Crippen molar-refractivity contribution >= 4 is 12.0 Å². The van der Waals surface area contributed by atoms with Gasteiger partial charge in [-0.15, -0.1) is 0 Å². The molecule has 0 fully saturated rings. The summed E-state index contributed by atoms with van der Waals surface area (Å²) in [5.74, 6) is 2.25. The summed E-state index contributed by atoms with van der Waals surface area (Å²) in [6.07, 6.45) is 5.02. The predicted molar refractivity (Wildman–Crippen MR) is 101 cm³/mol. The van der Waals surface area contributed by atoms with E-state index in [-0.39, 0.29) is 12.7 Å². The summed E-state index contributed by atoms with van der Waals surface area (Å²) in [4.78, 5) is 12.0. The lowest BCUT2D eigenvalue weighted by Gasteiger charge is -2.09. The Morgan fingerprint density at radius 1 is 1.19 bits per heavy atom. The van der Waals surface area contributed by atoms with E-state index in [1.807, 2.05) is 43.3 Å². The van der Waals surface area contributed by atoms with E-state index in [0.717, 1.165) is 29.9 Å². The van der Waals surface area contributed by atoms with Crippen molar-refractivity contribution in [1.82, 2.24) is 5.32 Å². The maximum absolute atomic E-state index is 12.0. The zero-order valence-electron chi connectivity index (χ0n) is 14.9. The molecule has 1 aliphatic rings. The smallest absolute Gasteiger partial charge is 0.243 e. The van der Waals surface area contributed by atoms with Gasteiger partial charge in [0.2, 0.25) is 12.7 Å². The summed E-state index contributed by atoms with van der Waals surface area (Å²) in [5.41, 5.74) is 2.06. The third-order valence-electron chi connectivity index (χ3n) is 4.02. The predicted octanol–water partition coefficient (Wildman–Crippen LogP) is 3.58. The lowest BCUT2D eigenvalue weighted by Crippen LogP contribution is -2.22. The highest BCUT2D eigenvalue weighted by molar-refractivity contribution is 5.91. The number of carbonyl (C=O) groups is 1. The molecule has 5 nitrogen and oxygen atoms in total.